The summed E-state index contributed by atoms with van der Waals surface area (Å²) >= 11 is 0. The van der Waals surface area contributed by atoms with Crippen LogP contribution in [-0.2, 0) is 13.5 Å². The SMILES string of the molecule is Cn1ccc(CC(N)c2ncc[nH]2)n1. The molecule has 3 N–H and O–H groups in total. The van der Waals surface area contributed by atoms with Gasteiger partial charge >= 0.3 is 0 Å². The van der Waals surface area contributed by atoms with Gasteiger partial charge < -0.3 is 10.7 Å². The van der Waals surface area contributed by atoms with Crippen LogP contribution < -0.4 is 5.73 Å². The van der Waals surface area contributed by atoms with Crippen LogP contribution in [0.2, 0.25) is 0 Å². The number of H-pyrrole nitrogens is 1. The van der Waals surface area contributed by atoms with Crippen LogP contribution in [0, 0.1) is 0 Å². The molecule has 2 aromatic heterocycles. The molecule has 0 bridgehead atoms. The van der Waals surface area contributed by atoms with Crippen LogP contribution in [0.15, 0.2) is 24.7 Å². The minimum atomic E-state index is -0.111. The molecule has 2 rings (SSSR count). The molecule has 0 amide bonds. The van der Waals surface area contributed by atoms with Gasteiger partial charge in [-0.1, -0.05) is 0 Å². The Kier molecular flexibility index (Phi) is 2.32. The lowest BCUT2D eigenvalue weighted by molar-refractivity contribution is 0.647. The Morgan fingerprint density at radius 1 is 1.64 bits per heavy atom. The lowest BCUT2D eigenvalue weighted by atomic mass is 10.1. The van der Waals surface area contributed by atoms with Gasteiger partial charge in [0, 0.05) is 32.1 Å². The Balaban J connectivity index is 2.05. The average molecular weight is 191 g/mol. The van der Waals surface area contributed by atoms with E-state index in [4.69, 9.17) is 5.73 Å². The molecule has 2 aromatic rings. The number of nitrogens with zero attached hydrogens (tertiary/aromatic N) is 3. The third-order valence-corrected chi connectivity index (χ3v) is 2.07. The van der Waals surface area contributed by atoms with E-state index < -0.39 is 0 Å². The summed E-state index contributed by atoms with van der Waals surface area (Å²) in [7, 11) is 1.89. The van der Waals surface area contributed by atoms with Crippen LogP contribution >= 0.6 is 0 Å². The molecule has 0 aliphatic rings. The number of aromatic amines is 1. The predicted octanol–water partition coefficient (Wildman–Crippen LogP) is 0.386. The Labute approximate surface area is 82.0 Å². The average Bonchev–Trinajstić information content (AvgIpc) is 2.75. The second-order valence-corrected chi connectivity index (χ2v) is 3.27. The topological polar surface area (TPSA) is 72.5 Å². The van der Waals surface area contributed by atoms with Gasteiger partial charge in [0.25, 0.3) is 0 Å². The molecule has 0 fully saturated rings. The standard InChI is InChI=1S/C9H13N5/c1-14-5-2-7(13-14)6-8(10)9-11-3-4-12-9/h2-5,8H,6,10H2,1H3,(H,11,12). The maximum atomic E-state index is 5.94. The highest BCUT2D eigenvalue weighted by molar-refractivity contribution is 5.05. The van der Waals surface area contributed by atoms with E-state index in [1.54, 1.807) is 17.1 Å². The van der Waals surface area contributed by atoms with Crippen molar-refractivity contribution in [3.8, 4) is 0 Å². The first-order valence-corrected chi connectivity index (χ1v) is 4.49. The molecular formula is C9H13N5. The van der Waals surface area contributed by atoms with Gasteiger partial charge in [-0.05, 0) is 6.07 Å². The van der Waals surface area contributed by atoms with Crippen molar-refractivity contribution in [2.75, 3.05) is 0 Å². The highest BCUT2D eigenvalue weighted by Gasteiger charge is 2.10. The fourth-order valence-corrected chi connectivity index (χ4v) is 1.37. The van der Waals surface area contributed by atoms with Crippen LogP contribution in [0.25, 0.3) is 0 Å². The summed E-state index contributed by atoms with van der Waals surface area (Å²) in [5.41, 5.74) is 6.92. The Bertz CT molecular complexity index is 389. The molecule has 74 valence electrons. The molecule has 14 heavy (non-hydrogen) atoms. The normalized spacial score (nSPS) is 13.0. The Morgan fingerprint density at radius 3 is 3.07 bits per heavy atom. The van der Waals surface area contributed by atoms with E-state index >= 15 is 0 Å². The first-order valence-electron chi connectivity index (χ1n) is 4.49. The molecule has 1 unspecified atom stereocenters. The number of aromatic nitrogens is 4. The third-order valence-electron chi connectivity index (χ3n) is 2.07. The van der Waals surface area contributed by atoms with E-state index in [2.05, 4.69) is 15.1 Å². The molecule has 2 heterocycles. The van der Waals surface area contributed by atoms with E-state index in [1.165, 1.54) is 0 Å². The van der Waals surface area contributed by atoms with Gasteiger partial charge in [0.15, 0.2) is 0 Å². The first-order chi connectivity index (χ1) is 6.75. The van der Waals surface area contributed by atoms with Gasteiger partial charge in [-0.25, -0.2) is 4.98 Å². The smallest absolute Gasteiger partial charge is 0.123 e. The summed E-state index contributed by atoms with van der Waals surface area (Å²) in [6.45, 7) is 0. The number of hydrogen-bond acceptors (Lipinski definition) is 3. The van der Waals surface area contributed by atoms with Crippen molar-refractivity contribution in [2.45, 2.75) is 12.5 Å². The van der Waals surface area contributed by atoms with Crippen LogP contribution in [0.4, 0.5) is 0 Å². The van der Waals surface area contributed by atoms with E-state index in [0.717, 1.165) is 11.5 Å². The molecule has 0 spiro atoms. The van der Waals surface area contributed by atoms with Crippen molar-refractivity contribution in [1.29, 1.82) is 0 Å². The molecule has 1 atom stereocenters. The lowest BCUT2D eigenvalue weighted by Crippen LogP contribution is -2.15. The monoisotopic (exact) mass is 191 g/mol. The number of hydrogen-bond donors (Lipinski definition) is 2. The van der Waals surface area contributed by atoms with Crippen LogP contribution in [0.3, 0.4) is 0 Å². The summed E-state index contributed by atoms with van der Waals surface area (Å²) in [6.07, 6.45) is 6.08. The van der Waals surface area contributed by atoms with Crippen molar-refractivity contribution in [3.63, 3.8) is 0 Å². The number of nitrogens with two attached hydrogens (primary N) is 1. The Hall–Kier alpha value is -1.62. The quantitative estimate of drug-likeness (QED) is 0.737. The van der Waals surface area contributed by atoms with Crippen molar-refractivity contribution < 1.29 is 0 Å². The van der Waals surface area contributed by atoms with Gasteiger partial charge in [-0.3, -0.25) is 4.68 Å². The summed E-state index contributed by atoms with van der Waals surface area (Å²) in [6, 6.07) is 1.85. The van der Waals surface area contributed by atoms with Gasteiger partial charge in [0.05, 0.1) is 11.7 Å². The number of aryl methyl sites for hydroxylation is 1. The second-order valence-electron chi connectivity index (χ2n) is 3.27. The molecule has 5 heteroatoms. The van der Waals surface area contributed by atoms with Gasteiger partial charge in [0.2, 0.25) is 0 Å². The fourth-order valence-electron chi connectivity index (χ4n) is 1.37. The maximum absolute atomic E-state index is 5.94. The first kappa shape index (κ1) is 8.96. The summed E-state index contributed by atoms with van der Waals surface area (Å²) in [5, 5.41) is 4.26. The predicted molar refractivity (Wildman–Crippen MR) is 52.4 cm³/mol. The van der Waals surface area contributed by atoms with E-state index in [9.17, 15) is 0 Å². The van der Waals surface area contributed by atoms with E-state index in [-0.39, 0.29) is 6.04 Å². The van der Waals surface area contributed by atoms with Crippen LogP contribution in [-0.4, -0.2) is 19.7 Å². The highest BCUT2D eigenvalue weighted by atomic mass is 15.2. The number of rotatable bonds is 3. The van der Waals surface area contributed by atoms with E-state index in [0.29, 0.717) is 6.42 Å². The zero-order chi connectivity index (χ0) is 9.97. The third kappa shape index (κ3) is 1.82. The molecule has 0 saturated heterocycles. The van der Waals surface area contributed by atoms with Crippen molar-refractivity contribution in [3.05, 3.63) is 36.2 Å². The molecule has 5 nitrogen and oxygen atoms in total. The maximum Gasteiger partial charge on any atom is 0.123 e. The Morgan fingerprint density at radius 2 is 2.50 bits per heavy atom. The molecule has 0 aromatic carbocycles. The zero-order valence-corrected chi connectivity index (χ0v) is 8.01. The van der Waals surface area contributed by atoms with Gasteiger partial charge in [0.1, 0.15) is 5.82 Å². The molecule has 0 aliphatic carbocycles. The lowest BCUT2D eigenvalue weighted by Gasteiger charge is -2.05. The number of nitrogens with one attached hydrogen (secondary N) is 1. The van der Waals surface area contributed by atoms with Crippen molar-refractivity contribution >= 4 is 0 Å². The fraction of sp³-hybridized carbons (Fsp3) is 0.333. The van der Waals surface area contributed by atoms with Crippen molar-refractivity contribution in [2.24, 2.45) is 12.8 Å². The molecule has 0 saturated carbocycles. The largest absolute Gasteiger partial charge is 0.347 e. The molecule has 0 aliphatic heterocycles. The van der Waals surface area contributed by atoms with Crippen LogP contribution in [0.1, 0.15) is 17.6 Å². The second kappa shape index (κ2) is 3.63. The summed E-state index contributed by atoms with van der Waals surface area (Å²) < 4.78 is 1.77. The summed E-state index contributed by atoms with van der Waals surface area (Å²) in [5.74, 6) is 0.802. The number of imidazole rings is 1. The van der Waals surface area contributed by atoms with Crippen molar-refractivity contribution in [1.82, 2.24) is 19.7 Å². The van der Waals surface area contributed by atoms with Gasteiger partial charge in [-0.2, -0.15) is 5.10 Å². The zero-order valence-electron chi connectivity index (χ0n) is 8.01. The molecule has 0 radical (unpaired) electrons. The molecular weight excluding hydrogens is 178 g/mol. The van der Waals surface area contributed by atoms with Crippen LogP contribution in [0.5, 0.6) is 0 Å². The highest BCUT2D eigenvalue weighted by Crippen LogP contribution is 2.09. The summed E-state index contributed by atoms with van der Waals surface area (Å²) in [4.78, 5) is 7.10. The van der Waals surface area contributed by atoms with E-state index in [1.807, 2.05) is 19.3 Å². The minimum absolute atomic E-state index is 0.111. The van der Waals surface area contributed by atoms with Gasteiger partial charge in [-0.15, -0.1) is 0 Å². The minimum Gasteiger partial charge on any atom is -0.347 e.